The Balaban J connectivity index is 1.28. The van der Waals surface area contributed by atoms with E-state index in [0.717, 1.165) is 43.3 Å². The lowest BCUT2D eigenvalue weighted by Crippen LogP contribution is -2.20. The van der Waals surface area contributed by atoms with E-state index in [9.17, 15) is 13.6 Å². The molecule has 0 unspecified atom stereocenters. The van der Waals surface area contributed by atoms with Gasteiger partial charge in [-0.15, -0.1) is 0 Å². The molecular formula is C25H21F2N5O2. The van der Waals surface area contributed by atoms with Crippen molar-refractivity contribution in [1.82, 2.24) is 9.97 Å². The van der Waals surface area contributed by atoms with Gasteiger partial charge in [0.2, 0.25) is 0 Å². The first kappa shape index (κ1) is 21.6. The first-order valence-electron chi connectivity index (χ1n) is 10.9. The molecule has 172 valence electrons. The van der Waals surface area contributed by atoms with Crippen LogP contribution in [0.1, 0.15) is 12.8 Å². The molecule has 0 saturated carbocycles. The van der Waals surface area contributed by atoms with Crippen LogP contribution in [0.25, 0.3) is 11.0 Å². The number of nitrogens with one attached hydrogen (secondary N) is 2. The van der Waals surface area contributed by atoms with Crippen LogP contribution >= 0.6 is 0 Å². The summed E-state index contributed by atoms with van der Waals surface area (Å²) in [6.07, 6.45) is 4.07. The van der Waals surface area contributed by atoms with Crippen LogP contribution in [-0.2, 0) is 0 Å². The number of carbonyl (C=O) groups is 1. The Labute approximate surface area is 194 Å². The summed E-state index contributed by atoms with van der Waals surface area (Å²) in [6.45, 7) is 1.94. The summed E-state index contributed by atoms with van der Waals surface area (Å²) in [5, 5.41) is 4.85. The summed E-state index contributed by atoms with van der Waals surface area (Å²) in [4.78, 5) is 23.5. The van der Waals surface area contributed by atoms with Crippen LogP contribution in [0, 0.1) is 11.6 Å². The third kappa shape index (κ3) is 4.88. The molecule has 1 fully saturated rings. The summed E-state index contributed by atoms with van der Waals surface area (Å²) in [5.41, 5.74) is 1.64. The molecule has 7 nitrogen and oxygen atoms in total. The quantitative estimate of drug-likeness (QED) is 0.384. The van der Waals surface area contributed by atoms with Gasteiger partial charge in [0.05, 0.1) is 22.9 Å². The number of amides is 2. The molecular weight excluding hydrogens is 440 g/mol. The van der Waals surface area contributed by atoms with Gasteiger partial charge in [0.15, 0.2) is 0 Å². The smallest absolute Gasteiger partial charge is 0.323 e. The van der Waals surface area contributed by atoms with E-state index in [-0.39, 0.29) is 17.1 Å². The Morgan fingerprint density at radius 1 is 0.912 bits per heavy atom. The molecule has 9 heteroatoms. The SMILES string of the molecule is O=C(Nc1cccc(F)c1)Nc1ccc(Oc2ccc3ncc(N4CCCC4)nc3c2)cc1F. The van der Waals surface area contributed by atoms with E-state index in [4.69, 9.17) is 9.72 Å². The zero-order chi connectivity index (χ0) is 23.5. The molecule has 1 saturated heterocycles. The maximum absolute atomic E-state index is 14.6. The highest BCUT2D eigenvalue weighted by atomic mass is 19.1. The average molecular weight is 461 g/mol. The number of fused-ring (bicyclic) bond motifs is 1. The van der Waals surface area contributed by atoms with Crippen LogP contribution < -0.4 is 20.3 Å². The standard InChI is InChI=1S/C25H21F2N5O2/c26-16-4-3-5-17(12-16)29-25(33)31-21-8-6-18(13-20(21)27)34-19-7-9-22-23(14-19)30-24(15-28-22)32-10-1-2-11-32/h3-9,12-15H,1-2,10-11H2,(H2,29,31,33). The van der Waals surface area contributed by atoms with Crippen molar-refractivity contribution in [3.8, 4) is 11.5 Å². The van der Waals surface area contributed by atoms with Gasteiger partial charge in [-0.3, -0.25) is 4.98 Å². The Morgan fingerprint density at radius 3 is 2.50 bits per heavy atom. The highest BCUT2D eigenvalue weighted by Crippen LogP contribution is 2.28. The van der Waals surface area contributed by atoms with E-state index in [1.807, 2.05) is 0 Å². The molecule has 1 aromatic heterocycles. The fourth-order valence-electron chi connectivity index (χ4n) is 3.79. The number of halogens is 2. The number of urea groups is 1. The normalized spacial score (nSPS) is 13.2. The molecule has 34 heavy (non-hydrogen) atoms. The molecule has 0 atom stereocenters. The largest absolute Gasteiger partial charge is 0.457 e. The number of hydrogen-bond donors (Lipinski definition) is 2. The molecule has 0 aliphatic carbocycles. The van der Waals surface area contributed by atoms with Crippen molar-refractivity contribution < 1.29 is 18.3 Å². The van der Waals surface area contributed by atoms with Gasteiger partial charge in [-0.1, -0.05) is 6.07 Å². The molecule has 5 rings (SSSR count). The van der Waals surface area contributed by atoms with E-state index in [1.54, 1.807) is 24.4 Å². The van der Waals surface area contributed by atoms with Gasteiger partial charge in [0, 0.05) is 30.9 Å². The number of hydrogen-bond acceptors (Lipinski definition) is 5. The van der Waals surface area contributed by atoms with Gasteiger partial charge >= 0.3 is 6.03 Å². The number of anilines is 3. The fourth-order valence-corrected chi connectivity index (χ4v) is 3.79. The number of rotatable bonds is 5. The Hall–Kier alpha value is -4.27. The van der Waals surface area contributed by atoms with Crippen molar-refractivity contribution in [3.63, 3.8) is 0 Å². The predicted molar refractivity (Wildman–Crippen MR) is 127 cm³/mol. The summed E-state index contributed by atoms with van der Waals surface area (Å²) >= 11 is 0. The zero-order valence-electron chi connectivity index (χ0n) is 18.1. The van der Waals surface area contributed by atoms with Gasteiger partial charge in [0.25, 0.3) is 0 Å². The van der Waals surface area contributed by atoms with Gasteiger partial charge in [-0.25, -0.2) is 18.6 Å². The minimum atomic E-state index is -0.694. The molecule has 0 spiro atoms. The van der Waals surface area contributed by atoms with Crippen molar-refractivity contribution in [1.29, 1.82) is 0 Å². The van der Waals surface area contributed by atoms with Crippen LogP contribution in [-0.4, -0.2) is 29.1 Å². The van der Waals surface area contributed by atoms with Gasteiger partial charge in [-0.05, 0) is 55.3 Å². The minimum Gasteiger partial charge on any atom is -0.457 e. The lowest BCUT2D eigenvalue weighted by Gasteiger charge is -2.16. The lowest BCUT2D eigenvalue weighted by atomic mass is 10.2. The maximum Gasteiger partial charge on any atom is 0.323 e. The Morgan fingerprint density at radius 2 is 1.71 bits per heavy atom. The first-order valence-corrected chi connectivity index (χ1v) is 10.9. The monoisotopic (exact) mass is 461 g/mol. The second-order valence-corrected chi connectivity index (χ2v) is 7.91. The number of nitrogens with zero attached hydrogens (tertiary/aromatic N) is 3. The van der Waals surface area contributed by atoms with Crippen LogP contribution in [0.4, 0.5) is 30.8 Å². The second-order valence-electron chi connectivity index (χ2n) is 7.91. The molecule has 2 heterocycles. The third-order valence-corrected chi connectivity index (χ3v) is 5.44. The summed E-state index contributed by atoms with van der Waals surface area (Å²) in [7, 11) is 0. The highest BCUT2D eigenvalue weighted by molar-refractivity contribution is 5.99. The van der Waals surface area contributed by atoms with E-state index in [2.05, 4.69) is 20.5 Å². The van der Waals surface area contributed by atoms with Crippen LogP contribution in [0.5, 0.6) is 11.5 Å². The van der Waals surface area contributed by atoms with Gasteiger partial charge < -0.3 is 20.3 Å². The van der Waals surface area contributed by atoms with E-state index in [1.165, 1.54) is 36.4 Å². The fraction of sp³-hybridized carbons (Fsp3) is 0.160. The summed E-state index contributed by atoms with van der Waals surface area (Å²) in [6, 6.07) is 14.1. The number of aromatic nitrogens is 2. The van der Waals surface area contributed by atoms with Crippen molar-refractivity contribution in [2.45, 2.75) is 12.8 Å². The van der Waals surface area contributed by atoms with Crippen molar-refractivity contribution in [2.75, 3.05) is 28.6 Å². The predicted octanol–water partition coefficient (Wildman–Crippen LogP) is 5.94. The van der Waals surface area contributed by atoms with Crippen LogP contribution in [0.3, 0.4) is 0 Å². The van der Waals surface area contributed by atoms with Crippen LogP contribution in [0.15, 0.2) is 66.9 Å². The Kier molecular flexibility index (Phi) is 5.90. The number of carbonyl (C=O) groups excluding carboxylic acids is 1. The zero-order valence-corrected chi connectivity index (χ0v) is 18.1. The molecule has 0 bridgehead atoms. The molecule has 2 amide bonds. The minimum absolute atomic E-state index is 0.0408. The highest BCUT2D eigenvalue weighted by Gasteiger charge is 2.15. The second kappa shape index (κ2) is 9.30. The van der Waals surface area contributed by atoms with Gasteiger partial charge in [0.1, 0.15) is 29.0 Å². The summed E-state index contributed by atoms with van der Waals surface area (Å²) in [5.74, 6) is 0.419. The number of benzene rings is 3. The van der Waals surface area contributed by atoms with E-state index < -0.39 is 17.7 Å². The maximum atomic E-state index is 14.6. The van der Waals surface area contributed by atoms with Crippen molar-refractivity contribution >= 4 is 34.3 Å². The number of ether oxygens (including phenoxy) is 1. The molecule has 1 aliphatic heterocycles. The van der Waals surface area contributed by atoms with E-state index in [0.29, 0.717) is 11.3 Å². The molecule has 0 radical (unpaired) electrons. The molecule has 4 aromatic rings. The first-order chi connectivity index (χ1) is 16.5. The van der Waals surface area contributed by atoms with Gasteiger partial charge in [-0.2, -0.15) is 0 Å². The Bertz CT molecular complexity index is 1360. The van der Waals surface area contributed by atoms with Crippen LogP contribution in [0.2, 0.25) is 0 Å². The topological polar surface area (TPSA) is 79.4 Å². The summed E-state index contributed by atoms with van der Waals surface area (Å²) < 4.78 is 33.6. The lowest BCUT2D eigenvalue weighted by molar-refractivity contribution is 0.262. The molecule has 1 aliphatic rings. The average Bonchev–Trinajstić information content (AvgIpc) is 3.35. The van der Waals surface area contributed by atoms with Crippen molar-refractivity contribution in [2.24, 2.45) is 0 Å². The molecule has 3 aromatic carbocycles. The third-order valence-electron chi connectivity index (χ3n) is 5.44. The van der Waals surface area contributed by atoms with Crippen molar-refractivity contribution in [3.05, 3.63) is 78.5 Å². The van der Waals surface area contributed by atoms with E-state index >= 15 is 0 Å². The molecule has 2 N–H and O–H groups in total.